The molecule has 2 aliphatic heterocycles. The predicted octanol–water partition coefficient (Wildman–Crippen LogP) is 0.260. The Labute approximate surface area is 155 Å². The molecule has 1 unspecified atom stereocenters. The monoisotopic (exact) mass is 362 g/mol. The molecule has 2 N–H and O–H groups in total. The summed E-state index contributed by atoms with van der Waals surface area (Å²) in [7, 11) is 3.94. The van der Waals surface area contributed by atoms with Crippen LogP contribution in [0.25, 0.3) is 0 Å². The minimum atomic E-state index is -0.474. The molecule has 0 aliphatic carbocycles. The largest absolute Gasteiger partial charge is 0.367 e. The van der Waals surface area contributed by atoms with Crippen LogP contribution in [0.3, 0.4) is 0 Å². The summed E-state index contributed by atoms with van der Waals surface area (Å²) in [6, 6.07) is 2.57. The van der Waals surface area contributed by atoms with Gasteiger partial charge in [-0.25, -0.2) is 4.98 Å². The molecule has 2 fully saturated rings. The van der Waals surface area contributed by atoms with E-state index in [1.54, 1.807) is 0 Å². The molecule has 1 atom stereocenters. The van der Waals surface area contributed by atoms with Crippen molar-refractivity contribution in [3.63, 3.8) is 0 Å². The van der Waals surface area contributed by atoms with Crippen LogP contribution in [0.1, 0.15) is 25.5 Å². The highest BCUT2D eigenvalue weighted by Crippen LogP contribution is 2.24. The van der Waals surface area contributed by atoms with Crippen LogP contribution in [0.5, 0.6) is 0 Å². The van der Waals surface area contributed by atoms with Crippen LogP contribution in [-0.2, 0) is 16.0 Å². The van der Waals surface area contributed by atoms with Crippen LogP contribution in [0.4, 0.5) is 11.8 Å². The fourth-order valence-corrected chi connectivity index (χ4v) is 3.65. The first-order valence-corrected chi connectivity index (χ1v) is 9.43. The van der Waals surface area contributed by atoms with Gasteiger partial charge in [-0.3, -0.25) is 9.69 Å². The fourth-order valence-electron chi connectivity index (χ4n) is 3.65. The Balaban J connectivity index is 1.63. The number of morpholine rings is 1. The minimum Gasteiger partial charge on any atom is -0.367 e. The van der Waals surface area contributed by atoms with Gasteiger partial charge in [-0.05, 0) is 19.3 Å². The Bertz CT molecular complexity index is 630. The molecule has 8 heteroatoms. The van der Waals surface area contributed by atoms with Gasteiger partial charge in [-0.15, -0.1) is 0 Å². The lowest BCUT2D eigenvalue weighted by Gasteiger charge is -2.42. The van der Waals surface area contributed by atoms with Gasteiger partial charge in [0.25, 0.3) is 0 Å². The second-order valence-corrected chi connectivity index (χ2v) is 7.24. The van der Waals surface area contributed by atoms with Crippen LogP contribution in [0.15, 0.2) is 6.07 Å². The molecule has 3 heterocycles. The zero-order valence-electron chi connectivity index (χ0n) is 16.0. The topological polar surface area (TPSA) is 87.8 Å². The summed E-state index contributed by atoms with van der Waals surface area (Å²) in [4.78, 5) is 27.4. The molecule has 0 spiro atoms. The van der Waals surface area contributed by atoms with E-state index in [4.69, 9.17) is 15.5 Å². The molecule has 0 saturated carbocycles. The highest BCUT2D eigenvalue weighted by atomic mass is 16.5. The van der Waals surface area contributed by atoms with Gasteiger partial charge in [-0.1, -0.05) is 6.92 Å². The standard InChI is InChI=1S/C18H30N6O2/c1-4-13-11-16(21-18(20-13)22(2)3)23-7-5-14(6-8-23)24-9-10-26-15(12-24)17(19)25/h11,14-15H,4-10,12H2,1-3H3,(H2,19,25). The summed E-state index contributed by atoms with van der Waals surface area (Å²) < 4.78 is 5.46. The normalized spacial score (nSPS) is 22.4. The van der Waals surface area contributed by atoms with Crippen molar-refractivity contribution in [3.8, 4) is 0 Å². The lowest BCUT2D eigenvalue weighted by atomic mass is 10.0. The van der Waals surface area contributed by atoms with E-state index in [0.29, 0.717) is 19.2 Å². The molecule has 0 aromatic carbocycles. The molecule has 144 valence electrons. The van der Waals surface area contributed by atoms with Crippen molar-refractivity contribution < 1.29 is 9.53 Å². The quantitative estimate of drug-likeness (QED) is 0.804. The van der Waals surface area contributed by atoms with Crippen molar-refractivity contribution in [2.24, 2.45) is 5.73 Å². The molecule has 8 nitrogen and oxygen atoms in total. The van der Waals surface area contributed by atoms with E-state index in [1.807, 2.05) is 19.0 Å². The molecule has 0 radical (unpaired) electrons. The number of carbonyl (C=O) groups is 1. The van der Waals surface area contributed by atoms with E-state index in [-0.39, 0.29) is 5.91 Å². The Kier molecular flexibility index (Phi) is 5.93. The second kappa shape index (κ2) is 8.18. The molecule has 26 heavy (non-hydrogen) atoms. The van der Waals surface area contributed by atoms with E-state index in [9.17, 15) is 4.79 Å². The highest BCUT2D eigenvalue weighted by Gasteiger charge is 2.31. The third-order valence-corrected chi connectivity index (χ3v) is 5.24. The van der Waals surface area contributed by atoms with E-state index in [2.05, 4.69) is 27.8 Å². The highest BCUT2D eigenvalue weighted by molar-refractivity contribution is 5.79. The fraction of sp³-hybridized carbons (Fsp3) is 0.722. The molecule has 1 aromatic rings. The van der Waals surface area contributed by atoms with Gasteiger partial charge in [0.15, 0.2) is 0 Å². The summed E-state index contributed by atoms with van der Waals surface area (Å²) in [5, 5.41) is 0. The number of rotatable bonds is 5. The maximum Gasteiger partial charge on any atom is 0.247 e. The van der Waals surface area contributed by atoms with E-state index >= 15 is 0 Å². The number of ether oxygens (including phenoxy) is 1. The number of nitrogens with zero attached hydrogens (tertiary/aromatic N) is 5. The van der Waals surface area contributed by atoms with Gasteiger partial charge < -0.3 is 20.3 Å². The summed E-state index contributed by atoms with van der Waals surface area (Å²) in [6.07, 6.45) is 2.52. The maximum absolute atomic E-state index is 11.4. The molecule has 2 aliphatic rings. The Hall–Kier alpha value is -1.93. The number of carbonyl (C=O) groups excluding carboxylic acids is 1. The summed E-state index contributed by atoms with van der Waals surface area (Å²) in [5.41, 5.74) is 6.47. The second-order valence-electron chi connectivity index (χ2n) is 7.24. The smallest absolute Gasteiger partial charge is 0.247 e. The number of anilines is 2. The first-order valence-electron chi connectivity index (χ1n) is 9.43. The number of nitrogens with two attached hydrogens (primary N) is 1. The molecular weight excluding hydrogens is 332 g/mol. The van der Waals surface area contributed by atoms with Crippen molar-refractivity contribution >= 4 is 17.7 Å². The third kappa shape index (κ3) is 4.24. The van der Waals surface area contributed by atoms with Crippen molar-refractivity contribution in [3.05, 3.63) is 11.8 Å². The SMILES string of the molecule is CCc1cc(N2CCC(N3CCOC(C(N)=O)C3)CC2)nc(N(C)C)n1. The van der Waals surface area contributed by atoms with Crippen molar-refractivity contribution in [2.75, 3.05) is 56.7 Å². The summed E-state index contributed by atoms with van der Waals surface area (Å²) in [6.45, 7) is 6.08. The predicted molar refractivity (Wildman–Crippen MR) is 101 cm³/mol. The summed E-state index contributed by atoms with van der Waals surface area (Å²) >= 11 is 0. The van der Waals surface area contributed by atoms with Crippen LogP contribution in [0, 0.1) is 0 Å². The van der Waals surface area contributed by atoms with Gasteiger partial charge in [-0.2, -0.15) is 4.98 Å². The lowest BCUT2D eigenvalue weighted by molar-refractivity contribution is -0.136. The minimum absolute atomic E-state index is 0.364. The average Bonchev–Trinajstić information content (AvgIpc) is 2.67. The zero-order valence-corrected chi connectivity index (χ0v) is 16.0. The third-order valence-electron chi connectivity index (χ3n) is 5.24. The molecule has 3 rings (SSSR count). The molecular formula is C18H30N6O2. The molecule has 1 amide bonds. The number of amides is 1. The van der Waals surface area contributed by atoms with Gasteiger partial charge in [0.2, 0.25) is 11.9 Å². The van der Waals surface area contributed by atoms with Gasteiger partial charge in [0.05, 0.1) is 6.61 Å². The number of hydrogen-bond acceptors (Lipinski definition) is 7. The van der Waals surface area contributed by atoms with E-state index in [0.717, 1.165) is 56.4 Å². The lowest BCUT2D eigenvalue weighted by Crippen LogP contribution is -2.54. The van der Waals surface area contributed by atoms with Gasteiger partial charge in [0.1, 0.15) is 11.9 Å². The zero-order chi connectivity index (χ0) is 18.7. The van der Waals surface area contributed by atoms with Crippen molar-refractivity contribution in [1.82, 2.24) is 14.9 Å². The first-order chi connectivity index (χ1) is 12.5. The van der Waals surface area contributed by atoms with Gasteiger partial charge in [0, 0.05) is 58.1 Å². The number of hydrogen-bond donors (Lipinski definition) is 1. The van der Waals surface area contributed by atoms with Crippen molar-refractivity contribution in [1.29, 1.82) is 0 Å². The van der Waals surface area contributed by atoms with Crippen LogP contribution < -0.4 is 15.5 Å². The van der Waals surface area contributed by atoms with E-state index < -0.39 is 6.10 Å². The molecule has 0 bridgehead atoms. The maximum atomic E-state index is 11.4. The Morgan fingerprint density at radius 3 is 2.65 bits per heavy atom. The number of piperidine rings is 1. The first kappa shape index (κ1) is 18.8. The Morgan fingerprint density at radius 1 is 1.31 bits per heavy atom. The van der Waals surface area contributed by atoms with Crippen LogP contribution >= 0.6 is 0 Å². The van der Waals surface area contributed by atoms with Gasteiger partial charge >= 0.3 is 0 Å². The molecule has 2 saturated heterocycles. The van der Waals surface area contributed by atoms with Crippen LogP contribution in [-0.4, -0.2) is 79.8 Å². The average molecular weight is 362 g/mol. The number of aryl methyl sites for hydroxylation is 1. The Morgan fingerprint density at radius 2 is 2.04 bits per heavy atom. The van der Waals surface area contributed by atoms with Crippen molar-refractivity contribution in [2.45, 2.75) is 38.3 Å². The summed E-state index contributed by atoms with van der Waals surface area (Å²) in [5.74, 6) is 1.41. The number of aromatic nitrogens is 2. The van der Waals surface area contributed by atoms with E-state index in [1.165, 1.54) is 0 Å². The number of primary amides is 1. The molecule has 1 aromatic heterocycles. The van der Waals surface area contributed by atoms with Crippen LogP contribution in [0.2, 0.25) is 0 Å².